The molecule has 2 N–H and O–H groups in total. The van der Waals surface area contributed by atoms with Crippen molar-refractivity contribution in [2.45, 2.75) is 26.0 Å². The quantitative estimate of drug-likeness (QED) is 0.776. The van der Waals surface area contributed by atoms with Crippen molar-refractivity contribution in [3.8, 4) is 0 Å². The Hall–Kier alpha value is -0.700. The Morgan fingerprint density at radius 1 is 1.47 bits per heavy atom. The molecule has 0 amide bonds. The van der Waals surface area contributed by atoms with E-state index in [-0.39, 0.29) is 5.82 Å². The molecule has 0 bridgehead atoms. The fourth-order valence-corrected chi connectivity index (χ4v) is 2.38. The lowest BCUT2D eigenvalue weighted by molar-refractivity contribution is 0.617. The molecule has 0 aliphatic heterocycles. The third-order valence-corrected chi connectivity index (χ3v) is 3.75. The van der Waals surface area contributed by atoms with Gasteiger partial charge in [0.25, 0.3) is 0 Å². The van der Waals surface area contributed by atoms with E-state index in [9.17, 15) is 4.39 Å². The van der Waals surface area contributed by atoms with E-state index in [4.69, 9.17) is 5.73 Å². The Morgan fingerprint density at radius 2 is 2.20 bits per heavy atom. The highest BCUT2D eigenvalue weighted by Crippen LogP contribution is 2.20. The number of hydrogen-bond donors (Lipinski definition) is 1. The number of halogens is 1. The molecule has 1 unspecified atom stereocenters. The average molecular weight is 227 g/mol. The van der Waals surface area contributed by atoms with Crippen LogP contribution in [0.15, 0.2) is 18.2 Å². The molecule has 1 aromatic carbocycles. The van der Waals surface area contributed by atoms with Crippen LogP contribution in [0.1, 0.15) is 25.8 Å². The molecule has 1 nitrogen and oxygen atoms in total. The monoisotopic (exact) mass is 227 g/mol. The first-order valence-electron chi connectivity index (χ1n) is 5.25. The van der Waals surface area contributed by atoms with Crippen LogP contribution in [-0.4, -0.2) is 5.75 Å². The predicted octanol–water partition coefficient (Wildman–Crippen LogP) is 3.69. The van der Waals surface area contributed by atoms with Gasteiger partial charge < -0.3 is 5.73 Å². The van der Waals surface area contributed by atoms with E-state index in [0.717, 1.165) is 17.1 Å². The summed E-state index contributed by atoms with van der Waals surface area (Å²) in [5, 5.41) is 0. The third-order valence-electron chi connectivity index (χ3n) is 2.43. The first kappa shape index (κ1) is 12.4. The number of anilines is 1. The first-order valence-corrected chi connectivity index (χ1v) is 6.40. The zero-order valence-electron chi connectivity index (χ0n) is 9.29. The van der Waals surface area contributed by atoms with Crippen LogP contribution in [0.4, 0.5) is 10.1 Å². The molecule has 1 atom stereocenters. The van der Waals surface area contributed by atoms with Crippen molar-refractivity contribution >= 4 is 17.4 Å². The molecular formula is C12H18FNS. The van der Waals surface area contributed by atoms with Crippen molar-refractivity contribution in [2.24, 2.45) is 5.92 Å². The lowest BCUT2D eigenvalue weighted by Crippen LogP contribution is -1.97. The molecule has 3 heteroatoms. The fourth-order valence-electron chi connectivity index (χ4n) is 1.17. The highest BCUT2D eigenvalue weighted by atomic mass is 32.2. The molecule has 1 aromatic rings. The molecule has 1 rings (SSSR count). The molecule has 0 heterocycles. The van der Waals surface area contributed by atoms with Gasteiger partial charge in [0.1, 0.15) is 5.82 Å². The van der Waals surface area contributed by atoms with Gasteiger partial charge in [0.15, 0.2) is 0 Å². The minimum absolute atomic E-state index is 0.188. The predicted molar refractivity (Wildman–Crippen MR) is 66.4 cm³/mol. The van der Waals surface area contributed by atoms with Crippen molar-refractivity contribution in [1.82, 2.24) is 0 Å². The summed E-state index contributed by atoms with van der Waals surface area (Å²) in [6.07, 6.45) is 1.18. The van der Waals surface area contributed by atoms with Crippen LogP contribution in [0.25, 0.3) is 0 Å². The normalized spacial score (nSPS) is 12.7. The summed E-state index contributed by atoms with van der Waals surface area (Å²) in [7, 11) is 0. The maximum Gasteiger partial charge on any atom is 0.129 e. The van der Waals surface area contributed by atoms with Gasteiger partial charge in [-0.1, -0.05) is 26.3 Å². The van der Waals surface area contributed by atoms with E-state index in [2.05, 4.69) is 13.8 Å². The number of benzene rings is 1. The molecule has 84 valence electrons. The van der Waals surface area contributed by atoms with Gasteiger partial charge in [-0.3, -0.25) is 0 Å². The second-order valence-corrected chi connectivity index (χ2v) is 4.91. The number of nitrogens with two attached hydrogens (primary N) is 1. The van der Waals surface area contributed by atoms with Crippen molar-refractivity contribution in [3.63, 3.8) is 0 Å². The summed E-state index contributed by atoms with van der Waals surface area (Å²) in [5.74, 6) is 2.33. The van der Waals surface area contributed by atoms with E-state index in [1.54, 1.807) is 23.9 Å². The van der Waals surface area contributed by atoms with Crippen LogP contribution in [-0.2, 0) is 5.75 Å². The van der Waals surface area contributed by atoms with E-state index < -0.39 is 0 Å². The molecule has 0 saturated heterocycles. The molecule has 0 spiro atoms. The van der Waals surface area contributed by atoms with Crippen LogP contribution >= 0.6 is 11.8 Å². The minimum atomic E-state index is -0.188. The SMILES string of the molecule is CCC(C)CSCc1ccc(N)cc1F. The maximum absolute atomic E-state index is 13.4. The summed E-state index contributed by atoms with van der Waals surface area (Å²) in [6.45, 7) is 4.39. The fraction of sp³-hybridized carbons (Fsp3) is 0.500. The van der Waals surface area contributed by atoms with Crippen molar-refractivity contribution in [3.05, 3.63) is 29.6 Å². The van der Waals surface area contributed by atoms with Crippen molar-refractivity contribution in [2.75, 3.05) is 11.5 Å². The third kappa shape index (κ3) is 4.12. The largest absolute Gasteiger partial charge is 0.399 e. The maximum atomic E-state index is 13.4. The van der Waals surface area contributed by atoms with Crippen LogP contribution in [0.5, 0.6) is 0 Å². The number of thioether (sulfide) groups is 1. The standard InChI is InChI=1S/C12H18FNS/c1-3-9(2)7-15-8-10-4-5-11(14)6-12(10)13/h4-6,9H,3,7-8,14H2,1-2H3. The molecule has 0 saturated carbocycles. The zero-order chi connectivity index (χ0) is 11.3. The molecule has 0 aliphatic rings. The Labute approximate surface area is 95.2 Å². The lowest BCUT2D eigenvalue weighted by atomic mass is 10.2. The van der Waals surface area contributed by atoms with Crippen LogP contribution in [0.3, 0.4) is 0 Å². The van der Waals surface area contributed by atoms with E-state index in [1.807, 2.05) is 0 Å². The summed E-state index contributed by atoms with van der Waals surface area (Å²) in [4.78, 5) is 0. The smallest absolute Gasteiger partial charge is 0.129 e. The summed E-state index contributed by atoms with van der Waals surface area (Å²) in [5.41, 5.74) is 6.72. The van der Waals surface area contributed by atoms with E-state index in [0.29, 0.717) is 11.6 Å². The van der Waals surface area contributed by atoms with Gasteiger partial charge >= 0.3 is 0 Å². The molecule has 0 fully saturated rings. The van der Waals surface area contributed by atoms with Gasteiger partial charge in [0, 0.05) is 11.4 Å². The number of nitrogen functional groups attached to an aromatic ring is 1. The van der Waals surface area contributed by atoms with Crippen molar-refractivity contribution < 1.29 is 4.39 Å². The summed E-state index contributed by atoms with van der Waals surface area (Å²) in [6, 6.07) is 4.91. The molecule has 0 radical (unpaired) electrons. The first-order chi connectivity index (χ1) is 7.13. The van der Waals surface area contributed by atoms with Gasteiger partial charge in [0.2, 0.25) is 0 Å². The topological polar surface area (TPSA) is 26.0 Å². The highest BCUT2D eigenvalue weighted by molar-refractivity contribution is 7.98. The Balaban J connectivity index is 2.44. The Bertz CT molecular complexity index is 314. The highest BCUT2D eigenvalue weighted by Gasteiger charge is 2.04. The zero-order valence-corrected chi connectivity index (χ0v) is 10.1. The summed E-state index contributed by atoms with van der Waals surface area (Å²) < 4.78 is 13.4. The lowest BCUT2D eigenvalue weighted by Gasteiger charge is -2.08. The van der Waals surface area contributed by atoms with Gasteiger partial charge in [-0.2, -0.15) is 11.8 Å². The van der Waals surface area contributed by atoms with Crippen LogP contribution in [0.2, 0.25) is 0 Å². The number of rotatable bonds is 5. The van der Waals surface area contributed by atoms with Gasteiger partial charge in [0.05, 0.1) is 0 Å². The Kier molecular flexibility index (Phi) is 4.95. The number of hydrogen-bond acceptors (Lipinski definition) is 2. The molecule has 15 heavy (non-hydrogen) atoms. The Morgan fingerprint density at radius 3 is 2.80 bits per heavy atom. The summed E-state index contributed by atoms with van der Waals surface area (Å²) >= 11 is 1.78. The van der Waals surface area contributed by atoms with Gasteiger partial charge in [-0.05, 0) is 29.4 Å². The van der Waals surface area contributed by atoms with E-state index in [1.165, 1.54) is 12.5 Å². The van der Waals surface area contributed by atoms with Gasteiger partial charge in [-0.25, -0.2) is 4.39 Å². The van der Waals surface area contributed by atoms with Gasteiger partial charge in [-0.15, -0.1) is 0 Å². The average Bonchev–Trinajstić information content (AvgIpc) is 2.21. The van der Waals surface area contributed by atoms with Crippen LogP contribution < -0.4 is 5.73 Å². The molecule has 0 aromatic heterocycles. The second-order valence-electron chi connectivity index (χ2n) is 3.88. The van der Waals surface area contributed by atoms with Crippen LogP contribution in [0, 0.1) is 11.7 Å². The minimum Gasteiger partial charge on any atom is -0.399 e. The van der Waals surface area contributed by atoms with E-state index >= 15 is 0 Å². The second kappa shape index (κ2) is 6.01. The molecule has 0 aliphatic carbocycles. The molecular weight excluding hydrogens is 209 g/mol. The van der Waals surface area contributed by atoms with Crippen molar-refractivity contribution in [1.29, 1.82) is 0 Å².